The summed E-state index contributed by atoms with van der Waals surface area (Å²) < 4.78 is 40.0. The van der Waals surface area contributed by atoms with Gasteiger partial charge in [-0.1, -0.05) is 11.6 Å². The number of sulfonamides is 1. The summed E-state index contributed by atoms with van der Waals surface area (Å²) in [5.41, 5.74) is 1.82. The quantitative estimate of drug-likeness (QED) is 0.668. The van der Waals surface area contributed by atoms with Crippen LogP contribution in [0.25, 0.3) is 10.9 Å². The van der Waals surface area contributed by atoms with Gasteiger partial charge in [0, 0.05) is 48.5 Å². The minimum atomic E-state index is -3.62. The monoisotopic (exact) mass is 405 g/mol. The third-order valence-electron chi connectivity index (χ3n) is 4.71. The Bertz CT molecular complexity index is 1080. The van der Waals surface area contributed by atoms with E-state index in [1.165, 1.54) is 16.4 Å². The SMILES string of the molecule is O=S(=O)(c1ccc(F)cc1)N1CCN(c2ccnc3cc(Cl)ccc23)CC1. The van der Waals surface area contributed by atoms with Crippen molar-refractivity contribution >= 4 is 38.2 Å². The van der Waals surface area contributed by atoms with Crippen LogP contribution in [-0.2, 0) is 10.0 Å². The predicted octanol–water partition coefficient (Wildman–Crippen LogP) is 3.54. The van der Waals surface area contributed by atoms with Gasteiger partial charge in [-0.15, -0.1) is 0 Å². The van der Waals surface area contributed by atoms with E-state index in [1.54, 1.807) is 6.20 Å². The fourth-order valence-corrected chi connectivity index (χ4v) is 4.90. The predicted molar refractivity (Wildman–Crippen MR) is 104 cm³/mol. The normalized spacial score (nSPS) is 16.0. The Morgan fingerprint density at radius 2 is 1.67 bits per heavy atom. The summed E-state index contributed by atoms with van der Waals surface area (Å²) in [7, 11) is -3.62. The van der Waals surface area contributed by atoms with E-state index in [0.29, 0.717) is 31.2 Å². The topological polar surface area (TPSA) is 53.5 Å². The molecule has 8 heteroatoms. The van der Waals surface area contributed by atoms with Gasteiger partial charge in [0.05, 0.1) is 10.4 Å². The molecule has 0 saturated carbocycles. The minimum Gasteiger partial charge on any atom is -0.368 e. The number of fused-ring (bicyclic) bond motifs is 1. The molecule has 1 aromatic heterocycles. The summed E-state index contributed by atoms with van der Waals surface area (Å²) in [5, 5.41) is 1.61. The number of aromatic nitrogens is 1. The number of halogens is 2. The molecule has 27 heavy (non-hydrogen) atoms. The summed E-state index contributed by atoms with van der Waals surface area (Å²) in [4.78, 5) is 6.61. The zero-order valence-corrected chi connectivity index (χ0v) is 15.9. The van der Waals surface area contributed by atoms with Gasteiger partial charge in [-0.05, 0) is 48.5 Å². The molecule has 2 aromatic carbocycles. The van der Waals surface area contributed by atoms with E-state index >= 15 is 0 Å². The molecule has 0 radical (unpaired) electrons. The smallest absolute Gasteiger partial charge is 0.243 e. The van der Waals surface area contributed by atoms with Crippen molar-refractivity contribution in [3.05, 3.63) is 65.6 Å². The second kappa shape index (κ2) is 7.07. The molecule has 0 aliphatic carbocycles. The van der Waals surface area contributed by atoms with E-state index in [4.69, 9.17) is 11.6 Å². The van der Waals surface area contributed by atoms with Crippen molar-refractivity contribution in [1.82, 2.24) is 9.29 Å². The summed E-state index contributed by atoms with van der Waals surface area (Å²) in [6, 6.07) is 12.4. The van der Waals surface area contributed by atoms with Crippen LogP contribution in [-0.4, -0.2) is 43.9 Å². The van der Waals surface area contributed by atoms with Gasteiger partial charge in [0.1, 0.15) is 5.82 Å². The van der Waals surface area contributed by atoms with Gasteiger partial charge in [0.25, 0.3) is 0 Å². The van der Waals surface area contributed by atoms with Gasteiger partial charge in [0.2, 0.25) is 10.0 Å². The lowest BCUT2D eigenvalue weighted by Crippen LogP contribution is -2.48. The van der Waals surface area contributed by atoms with E-state index in [2.05, 4.69) is 9.88 Å². The number of rotatable bonds is 3. The molecule has 1 fully saturated rings. The van der Waals surface area contributed by atoms with E-state index in [0.717, 1.165) is 28.7 Å². The van der Waals surface area contributed by atoms with Crippen LogP contribution >= 0.6 is 11.6 Å². The highest BCUT2D eigenvalue weighted by Gasteiger charge is 2.29. The second-order valence-electron chi connectivity index (χ2n) is 6.34. The van der Waals surface area contributed by atoms with Crippen LogP contribution < -0.4 is 4.90 Å². The molecule has 2 heterocycles. The van der Waals surface area contributed by atoms with Crippen molar-refractivity contribution in [2.45, 2.75) is 4.90 Å². The Balaban J connectivity index is 1.55. The van der Waals surface area contributed by atoms with Gasteiger partial charge >= 0.3 is 0 Å². The highest BCUT2D eigenvalue weighted by molar-refractivity contribution is 7.89. The van der Waals surface area contributed by atoms with Gasteiger partial charge in [-0.2, -0.15) is 4.31 Å². The average Bonchev–Trinajstić information content (AvgIpc) is 2.68. The second-order valence-corrected chi connectivity index (χ2v) is 8.71. The van der Waals surface area contributed by atoms with Crippen molar-refractivity contribution in [3.63, 3.8) is 0 Å². The lowest BCUT2D eigenvalue weighted by molar-refractivity contribution is 0.385. The van der Waals surface area contributed by atoms with Crippen LogP contribution in [0.5, 0.6) is 0 Å². The van der Waals surface area contributed by atoms with Crippen molar-refractivity contribution in [3.8, 4) is 0 Å². The standard InChI is InChI=1S/C19H17ClFN3O2S/c20-14-1-6-17-18(13-14)22-8-7-19(17)23-9-11-24(12-10-23)27(25,26)16-4-2-15(21)3-5-16/h1-8,13H,9-12H2. The van der Waals surface area contributed by atoms with Crippen LogP contribution in [0.1, 0.15) is 0 Å². The van der Waals surface area contributed by atoms with Crippen LogP contribution in [0, 0.1) is 5.82 Å². The summed E-state index contributed by atoms with van der Waals surface area (Å²) >= 11 is 6.04. The molecule has 0 N–H and O–H groups in total. The van der Waals surface area contributed by atoms with Crippen molar-refractivity contribution in [1.29, 1.82) is 0 Å². The molecule has 0 amide bonds. The van der Waals surface area contributed by atoms with Crippen molar-refractivity contribution in [2.24, 2.45) is 0 Å². The summed E-state index contributed by atoms with van der Waals surface area (Å²) in [6.45, 7) is 1.83. The summed E-state index contributed by atoms with van der Waals surface area (Å²) in [6.07, 6.45) is 1.73. The van der Waals surface area contributed by atoms with Gasteiger partial charge in [0.15, 0.2) is 0 Å². The highest BCUT2D eigenvalue weighted by atomic mass is 35.5. The molecule has 0 atom stereocenters. The first-order valence-corrected chi connectivity index (χ1v) is 10.3. The fourth-order valence-electron chi connectivity index (χ4n) is 3.31. The maximum absolute atomic E-state index is 13.1. The Morgan fingerprint density at radius 1 is 0.963 bits per heavy atom. The maximum atomic E-state index is 13.1. The van der Waals surface area contributed by atoms with E-state index in [1.807, 2.05) is 24.3 Å². The molecule has 1 aliphatic rings. The molecule has 1 saturated heterocycles. The Hall–Kier alpha value is -2.22. The molecule has 3 aromatic rings. The van der Waals surface area contributed by atoms with Crippen molar-refractivity contribution in [2.75, 3.05) is 31.1 Å². The third kappa shape index (κ3) is 3.50. The van der Waals surface area contributed by atoms with E-state index < -0.39 is 15.8 Å². The number of nitrogens with zero attached hydrogens (tertiary/aromatic N) is 3. The third-order valence-corrected chi connectivity index (χ3v) is 6.86. The zero-order valence-electron chi connectivity index (χ0n) is 14.3. The van der Waals surface area contributed by atoms with E-state index in [-0.39, 0.29) is 4.90 Å². The lowest BCUT2D eigenvalue weighted by atomic mass is 10.1. The first kappa shape index (κ1) is 18.2. The van der Waals surface area contributed by atoms with Crippen molar-refractivity contribution < 1.29 is 12.8 Å². The number of anilines is 1. The molecular formula is C19H17ClFN3O2S. The molecule has 4 rings (SSSR count). The Labute approximate surface area is 162 Å². The van der Waals surface area contributed by atoms with Gasteiger partial charge < -0.3 is 4.90 Å². The van der Waals surface area contributed by atoms with Crippen LogP contribution in [0.4, 0.5) is 10.1 Å². The van der Waals surface area contributed by atoms with Crippen LogP contribution in [0.15, 0.2) is 59.6 Å². The number of hydrogen-bond acceptors (Lipinski definition) is 4. The van der Waals surface area contributed by atoms with E-state index in [9.17, 15) is 12.8 Å². The number of benzene rings is 2. The zero-order chi connectivity index (χ0) is 19.0. The molecule has 140 valence electrons. The largest absolute Gasteiger partial charge is 0.368 e. The molecule has 5 nitrogen and oxygen atoms in total. The number of hydrogen-bond donors (Lipinski definition) is 0. The Morgan fingerprint density at radius 3 is 2.37 bits per heavy atom. The fraction of sp³-hybridized carbons (Fsp3) is 0.211. The first-order valence-electron chi connectivity index (χ1n) is 8.50. The number of pyridine rings is 1. The summed E-state index contributed by atoms with van der Waals surface area (Å²) in [5.74, 6) is -0.455. The van der Waals surface area contributed by atoms with Crippen LogP contribution in [0.3, 0.4) is 0 Å². The van der Waals surface area contributed by atoms with Gasteiger partial charge in [-0.25, -0.2) is 12.8 Å². The highest BCUT2D eigenvalue weighted by Crippen LogP contribution is 2.29. The Kier molecular flexibility index (Phi) is 4.75. The van der Waals surface area contributed by atoms with Crippen LogP contribution in [0.2, 0.25) is 5.02 Å². The first-order chi connectivity index (χ1) is 12.9. The lowest BCUT2D eigenvalue weighted by Gasteiger charge is -2.35. The molecule has 0 spiro atoms. The molecular weight excluding hydrogens is 389 g/mol. The average molecular weight is 406 g/mol. The minimum absolute atomic E-state index is 0.112. The molecule has 1 aliphatic heterocycles. The maximum Gasteiger partial charge on any atom is 0.243 e. The molecule has 0 bridgehead atoms. The number of piperazine rings is 1. The molecule has 0 unspecified atom stereocenters. The van der Waals surface area contributed by atoms with Gasteiger partial charge in [-0.3, -0.25) is 4.98 Å².